The minimum absolute atomic E-state index is 0.218. The zero-order valence-electron chi connectivity index (χ0n) is 6.63. The average molecular weight is 162 g/mol. The van der Waals surface area contributed by atoms with Crippen LogP contribution in [0.3, 0.4) is 0 Å². The van der Waals surface area contributed by atoms with E-state index in [4.69, 9.17) is 5.84 Å². The van der Waals surface area contributed by atoms with Gasteiger partial charge in [0.1, 0.15) is 0 Å². The number of hydrazine groups is 1. The van der Waals surface area contributed by atoms with E-state index in [2.05, 4.69) is 5.43 Å². The third-order valence-electron chi connectivity index (χ3n) is 2.26. The van der Waals surface area contributed by atoms with Gasteiger partial charge in [-0.1, -0.05) is 6.07 Å². The lowest BCUT2D eigenvalue weighted by molar-refractivity contribution is 0.0953. The highest BCUT2D eigenvalue weighted by molar-refractivity contribution is 5.94. The first-order valence-corrected chi connectivity index (χ1v) is 3.94. The van der Waals surface area contributed by atoms with E-state index >= 15 is 0 Å². The summed E-state index contributed by atoms with van der Waals surface area (Å²) in [7, 11) is 0. The van der Waals surface area contributed by atoms with E-state index in [0.29, 0.717) is 5.56 Å². The van der Waals surface area contributed by atoms with Crippen molar-refractivity contribution in [2.24, 2.45) is 5.84 Å². The summed E-state index contributed by atoms with van der Waals surface area (Å²) in [6.07, 6.45) is 2.22. The molecule has 1 aliphatic carbocycles. The SMILES string of the molecule is NNC(=O)c1ccc2c(c1)CC2. The molecule has 0 atom stereocenters. The van der Waals surface area contributed by atoms with Gasteiger partial charge in [-0.3, -0.25) is 10.2 Å². The Labute approximate surface area is 70.5 Å². The first-order chi connectivity index (χ1) is 5.81. The van der Waals surface area contributed by atoms with Crippen molar-refractivity contribution in [1.29, 1.82) is 0 Å². The molecule has 0 aliphatic heterocycles. The molecule has 0 bridgehead atoms. The first-order valence-electron chi connectivity index (χ1n) is 3.94. The zero-order valence-corrected chi connectivity index (χ0v) is 6.63. The smallest absolute Gasteiger partial charge is 0.265 e. The van der Waals surface area contributed by atoms with Crippen LogP contribution in [-0.4, -0.2) is 5.91 Å². The molecular weight excluding hydrogens is 152 g/mol. The molecule has 3 N–H and O–H groups in total. The van der Waals surface area contributed by atoms with Gasteiger partial charge in [-0.15, -0.1) is 0 Å². The molecular formula is C9H10N2O. The van der Waals surface area contributed by atoms with Crippen molar-refractivity contribution in [3.8, 4) is 0 Å². The van der Waals surface area contributed by atoms with E-state index in [1.54, 1.807) is 6.07 Å². The number of benzene rings is 1. The van der Waals surface area contributed by atoms with Crippen molar-refractivity contribution in [1.82, 2.24) is 5.43 Å². The van der Waals surface area contributed by atoms with Crippen LogP contribution in [0.25, 0.3) is 0 Å². The van der Waals surface area contributed by atoms with Gasteiger partial charge >= 0.3 is 0 Å². The molecule has 0 fully saturated rings. The van der Waals surface area contributed by atoms with Crippen molar-refractivity contribution < 1.29 is 4.79 Å². The van der Waals surface area contributed by atoms with Gasteiger partial charge in [-0.2, -0.15) is 0 Å². The Morgan fingerprint density at radius 2 is 2.08 bits per heavy atom. The van der Waals surface area contributed by atoms with Gasteiger partial charge in [0.05, 0.1) is 0 Å². The molecule has 0 heterocycles. The highest BCUT2D eigenvalue weighted by Crippen LogP contribution is 2.23. The molecule has 0 aromatic heterocycles. The fourth-order valence-corrected chi connectivity index (χ4v) is 1.42. The number of carbonyl (C=O) groups is 1. The minimum atomic E-state index is -0.218. The monoisotopic (exact) mass is 162 g/mol. The van der Waals surface area contributed by atoms with Crippen LogP contribution in [-0.2, 0) is 12.8 Å². The summed E-state index contributed by atoms with van der Waals surface area (Å²) in [5, 5.41) is 0. The van der Waals surface area contributed by atoms with Gasteiger partial charge in [0.15, 0.2) is 0 Å². The Morgan fingerprint density at radius 1 is 1.33 bits per heavy atom. The third-order valence-corrected chi connectivity index (χ3v) is 2.26. The number of nitrogen functional groups attached to an aromatic ring is 1. The molecule has 0 unspecified atom stereocenters. The molecule has 1 aromatic carbocycles. The van der Waals surface area contributed by atoms with E-state index in [9.17, 15) is 4.79 Å². The molecule has 0 saturated heterocycles. The molecule has 0 saturated carbocycles. The maximum Gasteiger partial charge on any atom is 0.265 e. The Hall–Kier alpha value is -1.35. The summed E-state index contributed by atoms with van der Waals surface area (Å²) in [5.41, 5.74) is 5.39. The zero-order chi connectivity index (χ0) is 8.55. The van der Waals surface area contributed by atoms with Crippen molar-refractivity contribution in [3.63, 3.8) is 0 Å². The highest BCUT2D eigenvalue weighted by atomic mass is 16.2. The van der Waals surface area contributed by atoms with Gasteiger partial charge in [-0.25, -0.2) is 5.84 Å². The van der Waals surface area contributed by atoms with E-state index in [-0.39, 0.29) is 5.91 Å². The van der Waals surface area contributed by atoms with Crippen molar-refractivity contribution in [2.45, 2.75) is 12.8 Å². The Bertz CT molecular complexity index is 333. The van der Waals surface area contributed by atoms with Gasteiger partial charge in [0, 0.05) is 5.56 Å². The number of nitrogens with two attached hydrogens (primary N) is 1. The normalized spacial score (nSPS) is 13.1. The molecule has 12 heavy (non-hydrogen) atoms. The van der Waals surface area contributed by atoms with Gasteiger partial charge in [-0.05, 0) is 36.1 Å². The summed E-state index contributed by atoms with van der Waals surface area (Å²) < 4.78 is 0. The number of nitrogens with one attached hydrogen (secondary N) is 1. The summed E-state index contributed by atoms with van der Waals surface area (Å²) >= 11 is 0. The van der Waals surface area contributed by atoms with E-state index in [1.807, 2.05) is 12.1 Å². The van der Waals surface area contributed by atoms with Crippen LogP contribution in [0.2, 0.25) is 0 Å². The van der Waals surface area contributed by atoms with Crippen LogP contribution in [0.1, 0.15) is 21.5 Å². The number of hydrogen-bond acceptors (Lipinski definition) is 2. The van der Waals surface area contributed by atoms with E-state index < -0.39 is 0 Å². The molecule has 1 aromatic rings. The van der Waals surface area contributed by atoms with Crippen molar-refractivity contribution in [2.75, 3.05) is 0 Å². The maximum absolute atomic E-state index is 11.1. The average Bonchev–Trinajstić information content (AvgIpc) is 2.06. The predicted octanol–water partition coefficient (Wildman–Crippen LogP) is 0.389. The fraction of sp³-hybridized carbons (Fsp3) is 0.222. The van der Waals surface area contributed by atoms with Gasteiger partial charge < -0.3 is 0 Å². The number of fused-ring (bicyclic) bond motifs is 1. The minimum Gasteiger partial charge on any atom is -0.290 e. The lowest BCUT2D eigenvalue weighted by Crippen LogP contribution is -2.30. The van der Waals surface area contributed by atoms with Crippen LogP contribution in [0.4, 0.5) is 0 Å². The number of hydrogen-bond donors (Lipinski definition) is 2. The maximum atomic E-state index is 11.1. The molecule has 3 heteroatoms. The van der Waals surface area contributed by atoms with Crippen LogP contribution in [0.5, 0.6) is 0 Å². The largest absolute Gasteiger partial charge is 0.290 e. The second-order valence-electron chi connectivity index (χ2n) is 2.96. The van der Waals surface area contributed by atoms with Crippen molar-refractivity contribution >= 4 is 5.91 Å². The van der Waals surface area contributed by atoms with Crippen LogP contribution < -0.4 is 11.3 Å². The standard InChI is InChI=1S/C9H10N2O/c10-11-9(12)8-4-2-6-1-3-7(6)5-8/h2,4-5H,1,3,10H2,(H,11,12). The second-order valence-corrected chi connectivity index (χ2v) is 2.96. The second kappa shape index (κ2) is 2.60. The summed E-state index contributed by atoms with van der Waals surface area (Å²) in [4.78, 5) is 11.1. The molecule has 0 radical (unpaired) electrons. The number of rotatable bonds is 1. The Balaban J connectivity index is 2.35. The lowest BCUT2D eigenvalue weighted by Gasteiger charge is -2.18. The van der Waals surface area contributed by atoms with Crippen LogP contribution in [0.15, 0.2) is 18.2 Å². The van der Waals surface area contributed by atoms with Crippen LogP contribution in [0, 0.1) is 0 Å². The molecule has 0 spiro atoms. The quantitative estimate of drug-likeness (QED) is 0.356. The molecule has 1 amide bonds. The summed E-state index contributed by atoms with van der Waals surface area (Å²) in [6.45, 7) is 0. The molecule has 2 rings (SSSR count). The predicted molar refractivity (Wildman–Crippen MR) is 45.5 cm³/mol. The van der Waals surface area contributed by atoms with Gasteiger partial charge in [0.2, 0.25) is 0 Å². The Kier molecular flexibility index (Phi) is 1.59. The topological polar surface area (TPSA) is 55.1 Å². The van der Waals surface area contributed by atoms with Crippen LogP contribution >= 0.6 is 0 Å². The first kappa shape index (κ1) is 7.31. The summed E-state index contributed by atoms with van der Waals surface area (Å²) in [5.74, 6) is 4.79. The molecule has 3 nitrogen and oxygen atoms in total. The number of carbonyl (C=O) groups excluding carboxylic acids is 1. The lowest BCUT2D eigenvalue weighted by atomic mass is 9.87. The molecule has 1 aliphatic rings. The fourth-order valence-electron chi connectivity index (χ4n) is 1.42. The molecule has 62 valence electrons. The highest BCUT2D eigenvalue weighted by Gasteiger charge is 2.14. The van der Waals surface area contributed by atoms with E-state index in [1.165, 1.54) is 11.1 Å². The summed E-state index contributed by atoms with van der Waals surface area (Å²) in [6, 6.07) is 5.70. The number of amides is 1. The van der Waals surface area contributed by atoms with E-state index in [0.717, 1.165) is 12.8 Å². The van der Waals surface area contributed by atoms with Crippen molar-refractivity contribution in [3.05, 3.63) is 34.9 Å². The van der Waals surface area contributed by atoms with Gasteiger partial charge in [0.25, 0.3) is 5.91 Å². The third kappa shape index (κ3) is 0.987. The number of aryl methyl sites for hydroxylation is 2. The Morgan fingerprint density at radius 3 is 2.58 bits per heavy atom.